The summed E-state index contributed by atoms with van der Waals surface area (Å²) in [6.07, 6.45) is 1.18. The lowest BCUT2D eigenvalue weighted by Gasteiger charge is -2.32. The predicted octanol–water partition coefficient (Wildman–Crippen LogP) is 1.27. The van der Waals surface area contributed by atoms with Crippen LogP contribution in [0.15, 0.2) is 0 Å². The number of hydrogen-bond acceptors (Lipinski definition) is 3. The summed E-state index contributed by atoms with van der Waals surface area (Å²) < 4.78 is 10.9. The van der Waals surface area contributed by atoms with Gasteiger partial charge in [-0.05, 0) is 27.7 Å². The zero-order chi connectivity index (χ0) is 8.70. The quantitative estimate of drug-likeness (QED) is 0.457. The molecule has 0 aromatic rings. The normalized spacial score (nSPS) is 27.1. The van der Waals surface area contributed by atoms with E-state index in [-0.39, 0.29) is 11.2 Å². The Morgan fingerprint density at radius 2 is 1.45 bits per heavy atom. The van der Waals surface area contributed by atoms with Crippen molar-refractivity contribution in [2.24, 2.45) is 0 Å². The molecule has 0 unspecified atom stereocenters. The van der Waals surface area contributed by atoms with Crippen molar-refractivity contribution in [3.63, 3.8) is 0 Å². The van der Waals surface area contributed by atoms with Gasteiger partial charge in [-0.25, -0.2) is 0 Å². The molecular formula is C7H14BNO2. The molecule has 62 valence electrons. The Labute approximate surface area is 67.7 Å². The molecule has 1 aliphatic heterocycles. The van der Waals surface area contributed by atoms with Gasteiger partial charge in [0.05, 0.1) is 11.2 Å². The van der Waals surface area contributed by atoms with Crippen LogP contribution in [0.25, 0.3) is 0 Å². The molecule has 1 saturated heterocycles. The molecular weight excluding hydrogens is 141 g/mol. The van der Waals surface area contributed by atoms with E-state index in [1.54, 1.807) is 0 Å². The van der Waals surface area contributed by atoms with Crippen LogP contribution < -0.4 is 0 Å². The van der Waals surface area contributed by atoms with Crippen LogP contribution in [0.2, 0.25) is 0 Å². The fourth-order valence-corrected chi connectivity index (χ4v) is 0.957. The van der Waals surface area contributed by atoms with E-state index in [9.17, 15) is 0 Å². The van der Waals surface area contributed by atoms with Crippen molar-refractivity contribution in [3.8, 4) is 0 Å². The predicted molar refractivity (Wildman–Crippen MR) is 44.9 cm³/mol. The molecule has 0 bridgehead atoms. The third-order valence-electron chi connectivity index (χ3n) is 2.41. The van der Waals surface area contributed by atoms with Crippen molar-refractivity contribution in [2.45, 2.75) is 38.9 Å². The Bertz CT molecular complexity index is 163. The van der Waals surface area contributed by atoms with Crippen LogP contribution >= 0.6 is 0 Å². The van der Waals surface area contributed by atoms with Crippen molar-refractivity contribution in [1.29, 1.82) is 5.41 Å². The van der Waals surface area contributed by atoms with Gasteiger partial charge in [0.15, 0.2) is 0 Å². The Kier molecular flexibility index (Phi) is 1.85. The average Bonchev–Trinajstić information content (AvgIpc) is 2.03. The highest BCUT2D eigenvalue weighted by molar-refractivity contribution is 6.75. The second-order valence-electron chi connectivity index (χ2n) is 3.79. The first kappa shape index (κ1) is 8.75. The summed E-state index contributed by atoms with van der Waals surface area (Å²) in [5.74, 6) is 0. The van der Waals surface area contributed by atoms with E-state index < -0.39 is 7.12 Å². The Morgan fingerprint density at radius 3 is 1.64 bits per heavy atom. The molecule has 0 aliphatic carbocycles. The van der Waals surface area contributed by atoms with Crippen LogP contribution in [-0.2, 0) is 9.31 Å². The van der Waals surface area contributed by atoms with E-state index in [1.165, 1.54) is 6.11 Å². The molecule has 0 saturated carbocycles. The molecule has 0 amide bonds. The minimum absolute atomic E-state index is 0.310. The van der Waals surface area contributed by atoms with Crippen LogP contribution in [0.4, 0.5) is 0 Å². The molecule has 0 aromatic carbocycles. The highest BCUT2D eigenvalue weighted by atomic mass is 16.7. The van der Waals surface area contributed by atoms with Crippen LogP contribution in [0.3, 0.4) is 0 Å². The van der Waals surface area contributed by atoms with E-state index in [4.69, 9.17) is 14.7 Å². The second-order valence-corrected chi connectivity index (χ2v) is 3.79. The van der Waals surface area contributed by atoms with Gasteiger partial charge in [0.25, 0.3) is 0 Å². The van der Waals surface area contributed by atoms with Crippen molar-refractivity contribution in [3.05, 3.63) is 0 Å². The standard InChI is InChI=1S/C7H14BNO2/c1-6(2)7(3,4)11-8(5-9)10-6/h5,9H,1-4H3. The zero-order valence-corrected chi connectivity index (χ0v) is 7.47. The molecule has 1 N–H and O–H groups in total. The first-order valence-electron chi connectivity index (χ1n) is 3.75. The maximum atomic E-state index is 6.98. The number of hydrogen-bond donors (Lipinski definition) is 1. The van der Waals surface area contributed by atoms with Gasteiger partial charge >= 0.3 is 7.12 Å². The maximum Gasteiger partial charge on any atom is 0.505 e. The van der Waals surface area contributed by atoms with Crippen molar-refractivity contribution in [1.82, 2.24) is 0 Å². The van der Waals surface area contributed by atoms with E-state index in [0.29, 0.717) is 0 Å². The van der Waals surface area contributed by atoms with Crippen molar-refractivity contribution >= 4 is 13.2 Å². The fourth-order valence-electron chi connectivity index (χ4n) is 0.957. The van der Waals surface area contributed by atoms with Gasteiger partial charge in [0, 0.05) is 6.11 Å². The van der Waals surface area contributed by atoms with Crippen LogP contribution in [0.5, 0.6) is 0 Å². The molecule has 1 fully saturated rings. The van der Waals surface area contributed by atoms with Gasteiger partial charge in [-0.1, -0.05) is 0 Å². The molecule has 1 heterocycles. The largest absolute Gasteiger partial charge is 0.505 e. The second kappa shape index (κ2) is 2.32. The minimum atomic E-state index is -0.472. The molecule has 0 spiro atoms. The molecule has 0 aromatic heterocycles. The molecule has 0 radical (unpaired) electrons. The summed E-state index contributed by atoms with van der Waals surface area (Å²) >= 11 is 0. The lowest BCUT2D eigenvalue weighted by Crippen LogP contribution is -2.41. The molecule has 11 heavy (non-hydrogen) atoms. The van der Waals surface area contributed by atoms with Crippen molar-refractivity contribution < 1.29 is 9.31 Å². The Hall–Kier alpha value is -0.345. The summed E-state index contributed by atoms with van der Waals surface area (Å²) in [5, 5.41) is 6.98. The topological polar surface area (TPSA) is 42.3 Å². The van der Waals surface area contributed by atoms with E-state index in [0.717, 1.165) is 0 Å². The van der Waals surface area contributed by atoms with Crippen LogP contribution in [0.1, 0.15) is 27.7 Å². The monoisotopic (exact) mass is 155 g/mol. The SMILES string of the molecule is CC1(C)OB(C=N)OC1(C)C. The van der Waals surface area contributed by atoms with Gasteiger partial charge in [-0.2, -0.15) is 0 Å². The lowest BCUT2D eigenvalue weighted by molar-refractivity contribution is 0.00578. The van der Waals surface area contributed by atoms with E-state index in [2.05, 4.69) is 0 Å². The fraction of sp³-hybridized carbons (Fsp3) is 0.857. The van der Waals surface area contributed by atoms with Gasteiger partial charge in [-0.15, -0.1) is 0 Å². The maximum absolute atomic E-state index is 6.98. The smallest absolute Gasteiger partial charge is 0.399 e. The van der Waals surface area contributed by atoms with E-state index in [1.807, 2.05) is 27.7 Å². The Balaban J connectivity index is 2.79. The third-order valence-corrected chi connectivity index (χ3v) is 2.41. The number of nitrogens with one attached hydrogen (secondary N) is 1. The Morgan fingerprint density at radius 1 is 1.09 bits per heavy atom. The summed E-state index contributed by atoms with van der Waals surface area (Å²) in [4.78, 5) is 0. The highest BCUT2D eigenvalue weighted by Crippen LogP contribution is 2.35. The third kappa shape index (κ3) is 1.33. The lowest BCUT2D eigenvalue weighted by atomic mass is 9.90. The van der Waals surface area contributed by atoms with Crippen LogP contribution in [-0.4, -0.2) is 24.4 Å². The summed E-state index contributed by atoms with van der Waals surface area (Å²) in [6, 6.07) is 0. The van der Waals surface area contributed by atoms with Crippen LogP contribution in [0, 0.1) is 5.41 Å². The summed E-state index contributed by atoms with van der Waals surface area (Å²) in [7, 11) is -0.472. The molecule has 0 atom stereocenters. The first-order valence-corrected chi connectivity index (χ1v) is 3.75. The van der Waals surface area contributed by atoms with Gasteiger partial charge in [-0.3, -0.25) is 0 Å². The highest BCUT2D eigenvalue weighted by Gasteiger charge is 2.50. The van der Waals surface area contributed by atoms with Gasteiger partial charge in [0.1, 0.15) is 0 Å². The first-order chi connectivity index (χ1) is 4.89. The van der Waals surface area contributed by atoms with Gasteiger partial charge in [0.2, 0.25) is 0 Å². The molecule has 4 heteroatoms. The van der Waals surface area contributed by atoms with E-state index >= 15 is 0 Å². The molecule has 1 aliphatic rings. The van der Waals surface area contributed by atoms with Gasteiger partial charge < -0.3 is 14.7 Å². The minimum Gasteiger partial charge on any atom is -0.399 e. The molecule has 1 rings (SSSR count). The summed E-state index contributed by atoms with van der Waals surface area (Å²) in [6.45, 7) is 7.88. The zero-order valence-electron chi connectivity index (χ0n) is 7.47. The summed E-state index contributed by atoms with van der Waals surface area (Å²) in [5.41, 5.74) is -0.621. The van der Waals surface area contributed by atoms with Crippen molar-refractivity contribution in [2.75, 3.05) is 0 Å². The molecule has 3 nitrogen and oxygen atoms in total. The average molecular weight is 155 g/mol. The number of rotatable bonds is 1.